The van der Waals surface area contributed by atoms with Crippen LogP contribution in [0.5, 0.6) is 0 Å². The molecule has 0 aliphatic carbocycles. The summed E-state index contributed by atoms with van der Waals surface area (Å²) in [6, 6.07) is 1.55. The number of aromatic carboxylic acids is 1. The molecule has 0 atom stereocenters. The van der Waals surface area contributed by atoms with Gasteiger partial charge in [0.1, 0.15) is 10.7 Å². The van der Waals surface area contributed by atoms with Crippen LogP contribution in [0.4, 0.5) is 0 Å². The molecule has 0 saturated heterocycles. The lowest BCUT2D eigenvalue weighted by Gasteiger charge is -1.94. The van der Waals surface area contributed by atoms with Crippen LogP contribution >= 0.6 is 11.6 Å². The SMILES string of the molecule is Cc1nn2c(Cl)ccnc2c1C(=O)O. The Morgan fingerprint density at radius 3 is 3.00 bits per heavy atom. The number of hydrogen-bond donors (Lipinski definition) is 1. The average Bonchev–Trinajstić information content (AvgIpc) is 2.42. The molecule has 0 aromatic carbocycles. The van der Waals surface area contributed by atoms with Crippen LogP contribution in [-0.4, -0.2) is 25.7 Å². The first-order valence-corrected chi connectivity index (χ1v) is 4.22. The molecule has 0 amide bonds. The Morgan fingerprint density at radius 2 is 2.36 bits per heavy atom. The van der Waals surface area contributed by atoms with Gasteiger partial charge in [-0.15, -0.1) is 0 Å². The highest BCUT2D eigenvalue weighted by Crippen LogP contribution is 2.16. The Balaban J connectivity index is 2.90. The van der Waals surface area contributed by atoms with Gasteiger partial charge in [0.15, 0.2) is 5.65 Å². The zero-order valence-electron chi connectivity index (χ0n) is 7.23. The number of halogens is 1. The molecule has 1 N–H and O–H groups in total. The van der Waals surface area contributed by atoms with Crippen LogP contribution in [0.15, 0.2) is 12.3 Å². The van der Waals surface area contributed by atoms with Crippen molar-refractivity contribution >= 4 is 23.2 Å². The Hall–Kier alpha value is -1.62. The summed E-state index contributed by atoms with van der Waals surface area (Å²) in [7, 11) is 0. The molecule has 0 fully saturated rings. The lowest BCUT2D eigenvalue weighted by Crippen LogP contribution is -1.99. The second-order valence-corrected chi connectivity index (χ2v) is 3.16. The van der Waals surface area contributed by atoms with Gasteiger partial charge in [-0.3, -0.25) is 0 Å². The van der Waals surface area contributed by atoms with Gasteiger partial charge in [-0.25, -0.2) is 14.3 Å². The molecule has 0 bridgehead atoms. The number of rotatable bonds is 1. The first-order chi connectivity index (χ1) is 6.61. The van der Waals surface area contributed by atoms with Crippen LogP contribution in [0.3, 0.4) is 0 Å². The molecule has 0 saturated carbocycles. The van der Waals surface area contributed by atoms with Crippen molar-refractivity contribution in [3.63, 3.8) is 0 Å². The van der Waals surface area contributed by atoms with Crippen LogP contribution in [0.25, 0.3) is 5.65 Å². The number of hydrogen-bond acceptors (Lipinski definition) is 3. The Morgan fingerprint density at radius 1 is 1.64 bits per heavy atom. The third kappa shape index (κ3) is 1.13. The zero-order valence-corrected chi connectivity index (χ0v) is 7.99. The molecular weight excluding hydrogens is 206 g/mol. The second-order valence-electron chi connectivity index (χ2n) is 2.77. The van der Waals surface area contributed by atoms with E-state index in [1.54, 1.807) is 13.0 Å². The maximum atomic E-state index is 10.9. The maximum Gasteiger partial charge on any atom is 0.341 e. The summed E-state index contributed by atoms with van der Waals surface area (Å²) in [5.41, 5.74) is 0.758. The molecule has 0 aliphatic heterocycles. The fraction of sp³-hybridized carbons (Fsp3) is 0.125. The molecule has 0 aliphatic rings. The largest absolute Gasteiger partial charge is 0.477 e. The van der Waals surface area contributed by atoms with Crippen molar-refractivity contribution in [2.45, 2.75) is 6.92 Å². The summed E-state index contributed by atoms with van der Waals surface area (Å²) in [4.78, 5) is 14.8. The first kappa shape index (κ1) is 8.96. The van der Waals surface area contributed by atoms with E-state index in [-0.39, 0.29) is 11.2 Å². The average molecular weight is 212 g/mol. The van der Waals surface area contributed by atoms with Gasteiger partial charge < -0.3 is 5.11 Å². The van der Waals surface area contributed by atoms with Crippen LogP contribution in [0, 0.1) is 6.92 Å². The molecule has 2 aromatic heterocycles. The predicted molar refractivity (Wildman–Crippen MR) is 49.7 cm³/mol. The molecule has 0 unspecified atom stereocenters. The van der Waals surface area contributed by atoms with E-state index in [0.717, 1.165) is 0 Å². The van der Waals surface area contributed by atoms with Crippen LogP contribution in [0.1, 0.15) is 16.1 Å². The van der Waals surface area contributed by atoms with E-state index in [9.17, 15) is 4.79 Å². The lowest BCUT2D eigenvalue weighted by molar-refractivity contribution is 0.0698. The van der Waals surface area contributed by atoms with Crippen molar-refractivity contribution in [3.8, 4) is 0 Å². The van der Waals surface area contributed by atoms with E-state index in [1.165, 1.54) is 10.7 Å². The van der Waals surface area contributed by atoms with Crippen molar-refractivity contribution < 1.29 is 9.90 Å². The van der Waals surface area contributed by atoms with Gasteiger partial charge in [-0.05, 0) is 13.0 Å². The molecule has 72 valence electrons. The van der Waals surface area contributed by atoms with Gasteiger partial charge in [-0.2, -0.15) is 5.10 Å². The van der Waals surface area contributed by atoms with E-state index >= 15 is 0 Å². The van der Waals surface area contributed by atoms with Crippen LogP contribution < -0.4 is 0 Å². The number of nitrogens with zero attached hydrogens (tertiary/aromatic N) is 3. The molecule has 0 radical (unpaired) electrons. The Labute approximate surface area is 83.9 Å². The highest BCUT2D eigenvalue weighted by molar-refractivity contribution is 6.29. The lowest BCUT2D eigenvalue weighted by atomic mass is 10.2. The smallest absolute Gasteiger partial charge is 0.341 e. The predicted octanol–water partition coefficient (Wildman–Crippen LogP) is 1.39. The monoisotopic (exact) mass is 211 g/mol. The minimum Gasteiger partial charge on any atom is -0.477 e. The molecule has 5 nitrogen and oxygen atoms in total. The summed E-state index contributed by atoms with van der Waals surface area (Å²) < 4.78 is 1.31. The molecule has 14 heavy (non-hydrogen) atoms. The molecular formula is C8H6ClN3O2. The fourth-order valence-electron chi connectivity index (χ4n) is 1.27. The third-order valence-electron chi connectivity index (χ3n) is 1.86. The molecule has 2 heterocycles. The van der Waals surface area contributed by atoms with Crippen molar-refractivity contribution in [1.82, 2.24) is 14.6 Å². The minimum absolute atomic E-state index is 0.0903. The molecule has 2 rings (SSSR count). The standard InChI is InChI=1S/C8H6ClN3O2/c1-4-6(8(13)14)7-10-3-2-5(9)12(7)11-4/h2-3H,1H3,(H,13,14). The Kier molecular flexibility index (Phi) is 1.89. The normalized spacial score (nSPS) is 10.7. The van der Waals surface area contributed by atoms with Gasteiger partial charge in [0, 0.05) is 6.20 Å². The molecule has 6 heteroatoms. The number of carboxylic acids is 1. The summed E-state index contributed by atoms with van der Waals surface area (Å²) in [5, 5.41) is 13.2. The Bertz CT molecular complexity index is 521. The number of aromatic nitrogens is 3. The van der Waals surface area contributed by atoms with Gasteiger partial charge >= 0.3 is 5.97 Å². The van der Waals surface area contributed by atoms with Crippen molar-refractivity contribution in [1.29, 1.82) is 0 Å². The topological polar surface area (TPSA) is 67.5 Å². The maximum absolute atomic E-state index is 10.9. The van der Waals surface area contributed by atoms with E-state index in [0.29, 0.717) is 10.8 Å². The summed E-state index contributed by atoms with van der Waals surface area (Å²) in [6.45, 7) is 1.61. The van der Waals surface area contributed by atoms with Gasteiger partial charge in [0.05, 0.1) is 5.69 Å². The van der Waals surface area contributed by atoms with E-state index in [4.69, 9.17) is 16.7 Å². The van der Waals surface area contributed by atoms with Crippen molar-refractivity contribution in [2.75, 3.05) is 0 Å². The highest BCUT2D eigenvalue weighted by atomic mass is 35.5. The summed E-state index contributed by atoms with van der Waals surface area (Å²) in [5.74, 6) is -1.05. The number of carbonyl (C=O) groups is 1. The highest BCUT2D eigenvalue weighted by Gasteiger charge is 2.17. The second kappa shape index (κ2) is 2.95. The van der Waals surface area contributed by atoms with Crippen molar-refractivity contribution in [3.05, 3.63) is 28.7 Å². The minimum atomic E-state index is -1.05. The van der Waals surface area contributed by atoms with E-state index in [1.807, 2.05) is 0 Å². The molecule has 0 spiro atoms. The molecule has 2 aromatic rings. The number of aryl methyl sites for hydroxylation is 1. The summed E-state index contributed by atoms with van der Waals surface area (Å²) >= 11 is 5.81. The van der Waals surface area contributed by atoms with Crippen molar-refractivity contribution in [2.24, 2.45) is 0 Å². The summed E-state index contributed by atoms with van der Waals surface area (Å²) in [6.07, 6.45) is 1.45. The van der Waals surface area contributed by atoms with Gasteiger partial charge in [0.2, 0.25) is 0 Å². The van der Waals surface area contributed by atoms with E-state index < -0.39 is 5.97 Å². The van der Waals surface area contributed by atoms with Crippen LogP contribution in [-0.2, 0) is 0 Å². The van der Waals surface area contributed by atoms with E-state index in [2.05, 4.69) is 10.1 Å². The quantitative estimate of drug-likeness (QED) is 0.724. The number of carboxylic acid groups (broad SMARTS) is 1. The van der Waals surface area contributed by atoms with Gasteiger partial charge in [0.25, 0.3) is 0 Å². The van der Waals surface area contributed by atoms with Gasteiger partial charge in [-0.1, -0.05) is 11.6 Å². The zero-order chi connectivity index (χ0) is 10.3. The first-order valence-electron chi connectivity index (χ1n) is 3.84. The fourth-order valence-corrected chi connectivity index (χ4v) is 1.45. The number of fused-ring (bicyclic) bond motifs is 1. The third-order valence-corrected chi connectivity index (χ3v) is 2.15. The van der Waals surface area contributed by atoms with Crippen LogP contribution in [0.2, 0.25) is 5.15 Å².